The molecule has 4 rings (SSSR count). The molecule has 2 aliphatic rings. The average Bonchev–Trinajstić information content (AvgIpc) is 3.24. The lowest BCUT2D eigenvalue weighted by molar-refractivity contribution is -0.149. The number of fused-ring (bicyclic) bond motifs is 1. The molecular weight excluding hydrogens is 349 g/mol. The molecule has 142 valence electrons. The first kappa shape index (κ1) is 17.7. The fourth-order valence-corrected chi connectivity index (χ4v) is 3.94. The number of carbonyl (C=O) groups is 2. The third-order valence-electron chi connectivity index (χ3n) is 5.55. The summed E-state index contributed by atoms with van der Waals surface area (Å²) in [6, 6.07) is 7.94. The van der Waals surface area contributed by atoms with Gasteiger partial charge in [-0.25, -0.2) is 13.9 Å². The lowest BCUT2D eigenvalue weighted by atomic mass is 9.95. The van der Waals surface area contributed by atoms with Crippen LogP contribution in [0.3, 0.4) is 0 Å². The molecule has 1 amide bonds. The summed E-state index contributed by atoms with van der Waals surface area (Å²) in [5.41, 5.74) is 1.94. The van der Waals surface area contributed by atoms with Gasteiger partial charge in [-0.2, -0.15) is 5.10 Å². The molecule has 2 aromatic rings. The topological polar surface area (TPSA) is 75.4 Å². The number of aliphatic carboxylic acids is 1. The zero-order valence-corrected chi connectivity index (χ0v) is 15.2. The number of carboxylic acid groups (broad SMARTS) is 1. The molecular formula is C20H22FN3O3. The van der Waals surface area contributed by atoms with E-state index in [4.69, 9.17) is 5.11 Å². The van der Waals surface area contributed by atoms with Gasteiger partial charge in [0.05, 0.1) is 12.2 Å². The number of nitrogens with zero attached hydrogens (tertiary/aromatic N) is 3. The number of carbonyl (C=O) groups excluding carboxylic acids is 1. The van der Waals surface area contributed by atoms with E-state index in [-0.39, 0.29) is 18.9 Å². The van der Waals surface area contributed by atoms with E-state index in [2.05, 4.69) is 5.10 Å². The summed E-state index contributed by atoms with van der Waals surface area (Å²) < 4.78 is 16.2. The predicted octanol–water partition coefficient (Wildman–Crippen LogP) is 2.70. The number of hydrogen-bond acceptors (Lipinski definition) is 3. The fourth-order valence-electron chi connectivity index (χ4n) is 3.94. The van der Waals surface area contributed by atoms with Gasteiger partial charge in [-0.3, -0.25) is 4.79 Å². The lowest BCUT2D eigenvalue weighted by Gasteiger charge is -2.18. The summed E-state index contributed by atoms with van der Waals surface area (Å²) in [7, 11) is 0. The highest BCUT2D eigenvalue weighted by atomic mass is 19.1. The number of alkyl halides is 1. The number of benzene rings is 1. The molecule has 1 aliphatic heterocycles. The van der Waals surface area contributed by atoms with Crippen molar-refractivity contribution in [2.45, 2.75) is 44.7 Å². The highest BCUT2D eigenvalue weighted by Gasteiger charge is 2.47. The van der Waals surface area contributed by atoms with Crippen molar-refractivity contribution in [3.63, 3.8) is 0 Å². The van der Waals surface area contributed by atoms with Gasteiger partial charge in [0.15, 0.2) is 5.69 Å². The SMILES string of the molecule is Cc1ccc(-n2nc(C(=O)N3CCC(F)(C(=O)O)C3)c3c2CCCC3)cc1. The van der Waals surface area contributed by atoms with E-state index in [1.807, 2.05) is 35.9 Å². The number of hydrogen-bond donors (Lipinski definition) is 1. The second-order valence-corrected chi connectivity index (χ2v) is 7.48. The van der Waals surface area contributed by atoms with Crippen molar-refractivity contribution < 1.29 is 19.1 Å². The molecule has 0 saturated carbocycles. The van der Waals surface area contributed by atoms with Crippen LogP contribution >= 0.6 is 0 Å². The quantitative estimate of drug-likeness (QED) is 0.900. The maximum absolute atomic E-state index is 14.4. The van der Waals surface area contributed by atoms with Crippen LogP contribution in [0.1, 0.15) is 46.6 Å². The van der Waals surface area contributed by atoms with Crippen LogP contribution in [-0.4, -0.2) is 50.4 Å². The number of rotatable bonds is 3. The predicted molar refractivity (Wildman–Crippen MR) is 96.9 cm³/mol. The molecule has 1 fully saturated rings. The van der Waals surface area contributed by atoms with Crippen LogP contribution in [0.4, 0.5) is 4.39 Å². The van der Waals surface area contributed by atoms with Crippen molar-refractivity contribution in [3.05, 3.63) is 46.8 Å². The minimum absolute atomic E-state index is 0.0911. The van der Waals surface area contributed by atoms with Crippen LogP contribution in [-0.2, 0) is 17.6 Å². The van der Waals surface area contributed by atoms with Crippen molar-refractivity contribution in [1.29, 1.82) is 0 Å². The van der Waals surface area contributed by atoms with E-state index in [1.165, 1.54) is 4.90 Å². The van der Waals surface area contributed by atoms with Gasteiger partial charge in [-0.15, -0.1) is 0 Å². The molecule has 27 heavy (non-hydrogen) atoms. The minimum Gasteiger partial charge on any atom is -0.479 e. The Bertz CT molecular complexity index is 906. The molecule has 1 unspecified atom stereocenters. The first-order valence-electron chi connectivity index (χ1n) is 9.28. The summed E-state index contributed by atoms with van der Waals surface area (Å²) >= 11 is 0. The molecule has 0 bridgehead atoms. The van der Waals surface area contributed by atoms with Crippen LogP contribution in [0.5, 0.6) is 0 Å². The largest absolute Gasteiger partial charge is 0.479 e. The van der Waals surface area contributed by atoms with Crippen LogP contribution in [0.15, 0.2) is 24.3 Å². The van der Waals surface area contributed by atoms with E-state index < -0.39 is 18.2 Å². The third-order valence-corrected chi connectivity index (χ3v) is 5.55. The Kier molecular flexibility index (Phi) is 4.25. The smallest absolute Gasteiger partial charge is 0.343 e. The maximum atomic E-state index is 14.4. The van der Waals surface area contributed by atoms with Gasteiger partial charge >= 0.3 is 5.97 Å². The number of likely N-dealkylation sites (tertiary alicyclic amines) is 1. The Morgan fingerprint density at radius 2 is 1.89 bits per heavy atom. The molecule has 1 atom stereocenters. The summed E-state index contributed by atoms with van der Waals surface area (Å²) in [4.78, 5) is 25.4. The van der Waals surface area contributed by atoms with E-state index in [0.717, 1.165) is 48.2 Å². The Balaban J connectivity index is 1.70. The van der Waals surface area contributed by atoms with Crippen LogP contribution in [0.25, 0.3) is 5.69 Å². The Labute approximate surface area is 156 Å². The van der Waals surface area contributed by atoms with Crippen molar-refractivity contribution in [2.24, 2.45) is 0 Å². The van der Waals surface area contributed by atoms with E-state index in [9.17, 15) is 14.0 Å². The highest BCUT2D eigenvalue weighted by molar-refractivity contribution is 5.95. The number of amides is 1. The zero-order chi connectivity index (χ0) is 19.2. The Hall–Kier alpha value is -2.70. The Morgan fingerprint density at radius 3 is 2.56 bits per heavy atom. The molecule has 1 aromatic carbocycles. The van der Waals surface area contributed by atoms with E-state index in [0.29, 0.717) is 5.69 Å². The van der Waals surface area contributed by atoms with Gasteiger partial charge in [-0.1, -0.05) is 17.7 Å². The third kappa shape index (κ3) is 3.01. The molecule has 0 spiro atoms. The lowest BCUT2D eigenvalue weighted by Crippen LogP contribution is -2.39. The fraction of sp³-hybridized carbons (Fsp3) is 0.450. The molecule has 1 aliphatic carbocycles. The summed E-state index contributed by atoms with van der Waals surface area (Å²) in [5, 5.41) is 13.7. The van der Waals surface area contributed by atoms with Gasteiger partial charge in [0.2, 0.25) is 5.67 Å². The van der Waals surface area contributed by atoms with Gasteiger partial charge in [0, 0.05) is 24.2 Å². The summed E-state index contributed by atoms with van der Waals surface area (Å²) in [5.74, 6) is -1.88. The molecule has 6 nitrogen and oxygen atoms in total. The molecule has 7 heteroatoms. The second kappa shape index (κ2) is 6.48. The second-order valence-electron chi connectivity index (χ2n) is 7.48. The Morgan fingerprint density at radius 1 is 1.19 bits per heavy atom. The van der Waals surface area contributed by atoms with E-state index >= 15 is 0 Å². The standard InChI is InChI=1S/C20H22FN3O3/c1-13-6-8-14(9-7-13)24-16-5-3-2-4-15(16)17(22-24)18(25)23-11-10-20(21,12-23)19(26)27/h6-9H,2-5,10-12H2,1H3,(H,26,27). The van der Waals surface area contributed by atoms with Gasteiger partial charge in [-0.05, 0) is 44.7 Å². The monoisotopic (exact) mass is 371 g/mol. The number of aryl methyl sites for hydroxylation is 1. The maximum Gasteiger partial charge on any atom is 0.343 e. The highest BCUT2D eigenvalue weighted by Crippen LogP contribution is 2.31. The number of halogens is 1. The minimum atomic E-state index is -2.37. The zero-order valence-electron chi connectivity index (χ0n) is 15.2. The number of carboxylic acids is 1. The van der Waals surface area contributed by atoms with Crippen molar-refractivity contribution in [2.75, 3.05) is 13.1 Å². The first-order chi connectivity index (χ1) is 12.9. The summed E-state index contributed by atoms with van der Waals surface area (Å²) in [6.07, 6.45) is 3.43. The van der Waals surface area contributed by atoms with Gasteiger partial charge in [0.25, 0.3) is 5.91 Å². The molecule has 1 aromatic heterocycles. The van der Waals surface area contributed by atoms with Gasteiger partial charge in [0.1, 0.15) is 0 Å². The summed E-state index contributed by atoms with van der Waals surface area (Å²) in [6.45, 7) is 1.68. The van der Waals surface area contributed by atoms with Crippen LogP contribution < -0.4 is 0 Å². The normalized spacial score (nSPS) is 21.9. The van der Waals surface area contributed by atoms with Crippen molar-refractivity contribution in [1.82, 2.24) is 14.7 Å². The van der Waals surface area contributed by atoms with Gasteiger partial charge < -0.3 is 10.0 Å². The van der Waals surface area contributed by atoms with E-state index in [1.54, 1.807) is 0 Å². The first-order valence-corrected chi connectivity index (χ1v) is 9.28. The molecule has 2 heterocycles. The van der Waals surface area contributed by atoms with Crippen molar-refractivity contribution in [3.8, 4) is 5.69 Å². The van der Waals surface area contributed by atoms with Crippen LogP contribution in [0.2, 0.25) is 0 Å². The van der Waals surface area contributed by atoms with Crippen LogP contribution in [0, 0.1) is 6.92 Å². The van der Waals surface area contributed by atoms with Crippen molar-refractivity contribution >= 4 is 11.9 Å². The molecule has 1 N–H and O–H groups in total. The molecule has 0 radical (unpaired) electrons. The number of aromatic nitrogens is 2. The average molecular weight is 371 g/mol. The molecule has 1 saturated heterocycles.